The van der Waals surface area contributed by atoms with E-state index in [9.17, 15) is 9.59 Å². The van der Waals surface area contributed by atoms with Crippen molar-refractivity contribution in [3.8, 4) is 0 Å². The van der Waals surface area contributed by atoms with E-state index < -0.39 is 12.0 Å². The molecule has 0 unspecified atom stereocenters. The number of fused-ring (bicyclic) bond motifs is 1. The summed E-state index contributed by atoms with van der Waals surface area (Å²) in [6.07, 6.45) is 3.54. The van der Waals surface area contributed by atoms with Crippen molar-refractivity contribution in [2.75, 3.05) is 6.61 Å². The molecule has 0 N–H and O–H groups in total. The summed E-state index contributed by atoms with van der Waals surface area (Å²) in [5.74, 6) is -0.453. The van der Waals surface area contributed by atoms with Crippen molar-refractivity contribution in [1.29, 1.82) is 0 Å². The molecule has 0 saturated carbocycles. The zero-order chi connectivity index (χ0) is 21.3. The molecule has 1 atom stereocenters. The van der Waals surface area contributed by atoms with Crippen molar-refractivity contribution in [1.82, 2.24) is 14.3 Å². The molecular weight excluding hydrogens is 400 g/mol. The number of hydrogen-bond acceptors (Lipinski definition) is 6. The molecule has 1 aliphatic rings. The average molecular weight is 423 g/mol. The smallest absolute Gasteiger partial charge is 0.338 e. The van der Waals surface area contributed by atoms with E-state index in [-0.39, 0.29) is 12.2 Å². The Bertz CT molecular complexity index is 1300. The molecular formula is C22H22N4O3S. The zero-order valence-corrected chi connectivity index (χ0v) is 17.8. The third kappa shape index (κ3) is 3.43. The summed E-state index contributed by atoms with van der Waals surface area (Å²) in [6.45, 7) is 6.50. The summed E-state index contributed by atoms with van der Waals surface area (Å²) in [5, 5.41) is 4.26. The van der Waals surface area contributed by atoms with Gasteiger partial charge in [-0.05, 0) is 38.5 Å². The molecule has 4 rings (SSSR count). The van der Waals surface area contributed by atoms with E-state index in [2.05, 4.69) is 10.1 Å². The Morgan fingerprint density at radius 3 is 2.70 bits per heavy atom. The predicted molar refractivity (Wildman–Crippen MR) is 115 cm³/mol. The number of allylic oxidation sites excluding steroid dienone is 1. The number of carbonyl (C=O) groups excluding carboxylic acids is 1. The van der Waals surface area contributed by atoms with E-state index in [1.54, 1.807) is 24.6 Å². The minimum Gasteiger partial charge on any atom is -0.463 e. The highest BCUT2D eigenvalue weighted by molar-refractivity contribution is 7.07. The van der Waals surface area contributed by atoms with Crippen LogP contribution < -0.4 is 14.9 Å². The number of benzene rings is 1. The van der Waals surface area contributed by atoms with Crippen molar-refractivity contribution >= 4 is 23.4 Å². The van der Waals surface area contributed by atoms with Crippen LogP contribution in [0.5, 0.6) is 0 Å². The quantitative estimate of drug-likeness (QED) is 0.590. The van der Waals surface area contributed by atoms with Crippen molar-refractivity contribution in [3.63, 3.8) is 0 Å². The molecule has 0 bridgehead atoms. The average Bonchev–Trinajstić information content (AvgIpc) is 3.32. The maximum Gasteiger partial charge on any atom is 0.338 e. The van der Waals surface area contributed by atoms with E-state index in [0.29, 0.717) is 27.1 Å². The summed E-state index contributed by atoms with van der Waals surface area (Å²) in [6, 6.07) is 10.8. The molecule has 0 saturated heterocycles. The van der Waals surface area contributed by atoms with Crippen molar-refractivity contribution < 1.29 is 9.53 Å². The van der Waals surface area contributed by atoms with Gasteiger partial charge < -0.3 is 4.74 Å². The normalized spacial score (nSPS) is 16.4. The lowest BCUT2D eigenvalue weighted by Gasteiger charge is -2.24. The molecule has 2 aromatic heterocycles. The highest BCUT2D eigenvalue weighted by atomic mass is 32.1. The number of thiazole rings is 1. The molecule has 1 aliphatic heterocycles. The highest BCUT2D eigenvalue weighted by Gasteiger charge is 2.33. The molecule has 0 radical (unpaired) electrons. The second kappa shape index (κ2) is 8.23. The standard InChI is InChI=1S/C22H22N4O3S/c1-4-25-16(11-12-23-25)13-17-20(27)26-19(15-9-7-6-8-10-15)18(21(28)29-5-2)14(3)24-22(26)30-17/h6-13,19H,4-5H2,1-3H3/b17-13+/t19-/m0/s1. The van der Waals surface area contributed by atoms with E-state index in [1.165, 1.54) is 11.3 Å². The molecule has 3 heterocycles. The Morgan fingerprint density at radius 1 is 1.23 bits per heavy atom. The molecule has 0 fully saturated rings. The lowest BCUT2D eigenvalue weighted by atomic mass is 9.96. The fourth-order valence-corrected chi connectivity index (χ4v) is 4.64. The third-order valence-electron chi connectivity index (χ3n) is 4.96. The fraction of sp³-hybridized carbons (Fsp3) is 0.273. The Labute approximate surface area is 177 Å². The van der Waals surface area contributed by atoms with Gasteiger partial charge in [0.1, 0.15) is 0 Å². The summed E-state index contributed by atoms with van der Waals surface area (Å²) in [7, 11) is 0. The van der Waals surface area contributed by atoms with Gasteiger partial charge >= 0.3 is 5.97 Å². The second-order valence-corrected chi connectivity index (χ2v) is 7.79. The second-order valence-electron chi connectivity index (χ2n) is 6.78. The first-order valence-corrected chi connectivity index (χ1v) is 10.6. The summed E-state index contributed by atoms with van der Waals surface area (Å²) in [4.78, 5) is 31.4. The molecule has 8 heteroatoms. The van der Waals surface area contributed by atoms with Crippen LogP contribution in [0.15, 0.2) is 63.7 Å². The largest absolute Gasteiger partial charge is 0.463 e. The lowest BCUT2D eigenvalue weighted by Crippen LogP contribution is -2.40. The lowest BCUT2D eigenvalue weighted by molar-refractivity contribution is -0.139. The number of esters is 1. The number of carbonyl (C=O) groups is 1. The number of rotatable bonds is 5. The summed E-state index contributed by atoms with van der Waals surface area (Å²) < 4.78 is 9.25. The van der Waals surface area contributed by atoms with E-state index in [1.807, 2.05) is 54.1 Å². The van der Waals surface area contributed by atoms with Gasteiger partial charge in [0.05, 0.1) is 34.1 Å². The van der Waals surface area contributed by atoms with Gasteiger partial charge in [-0.25, -0.2) is 9.79 Å². The molecule has 154 valence electrons. The first-order valence-electron chi connectivity index (χ1n) is 9.81. The zero-order valence-electron chi connectivity index (χ0n) is 17.0. The number of aromatic nitrogens is 3. The molecule has 30 heavy (non-hydrogen) atoms. The van der Waals surface area contributed by atoms with Crippen LogP contribution in [-0.4, -0.2) is 26.9 Å². The van der Waals surface area contributed by atoms with Crippen LogP contribution in [0.4, 0.5) is 0 Å². The van der Waals surface area contributed by atoms with Crippen LogP contribution in [0, 0.1) is 0 Å². The predicted octanol–water partition coefficient (Wildman–Crippen LogP) is 2.01. The third-order valence-corrected chi connectivity index (χ3v) is 5.94. The Kier molecular flexibility index (Phi) is 5.50. The van der Waals surface area contributed by atoms with Crippen LogP contribution in [-0.2, 0) is 16.1 Å². The minimum atomic E-state index is -0.584. The van der Waals surface area contributed by atoms with Crippen LogP contribution >= 0.6 is 11.3 Å². The molecule has 1 aromatic carbocycles. The van der Waals surface area contributed by atoms with E-state index >= 15 is 0 Å². The van der Waals surface area contributed by atoms with Gasteiger partial charge in [-0.15, -0.1) is 0 Å². The van der Waals surface area contributed by atoms with Crippen LogP contribution in [0.1, 0.15) is 38.1 Å². The fourth-order valence-electron chi connectivity index (χ4n) is 3.61. The van der Waals surface area contributed by atoms with Crippen LogP contribution in [0.25, 0.3) is 6.08 Å². The van der Waals surface area contributed by atoms with Gasteiger partial charge in [0.25, 0.3) is 5.56 Å². The maximum absolute atomic E-state index is 13.4. The molecule has 7 nitrogen and oxygen atoms in total. The summed E-state index contributed by atoms with van der Waals surface area (Å²) >= 11 is 1.31. The number of aryl methyl sites for hydroxylation is 1. The number of hydrogen-bond donors (Lipinski definition) is 0. The van der Waals surface area contributed by atoms with Crippen molar-refractivity contribution in [3.05, 3.63) is 84.8 Å². The Balaban J connectivity index is 1.96. The first kappa shape index (κ1) is 20.0. The first-order chi connectivity index (χ1) is 14.5. The van der Waals surface area contributed by atoms with Gasteiger partial charge in [0.15, 0.2) is 4.80 Å². The van der Waals surface area contributed by atoms with Crippen LogP contribution in [0.3, 0.4) is 0 Å². The van der Waals surface area contributed by atoms with E-state index in [0.717, 1.165) is 11.3 Å². The Morgan fingerprint density at radius 2 is 2.00 bits per heavy atom. The minimum absolute atomic E-state index is 0.189. The SMILES string of the molecule is CCOC(=O)C1=C(C)N=c2s/c(=C/c3ccnn3CC)c(=O)n2[C@H]1c1ccccc1. The monoisotopic (exact) mass is 422 g/mol. The van der Waals surface area contributed by atoms with Crippen molar-refractivity contribution in [2.45, 2.75) is 33.4 Å². The topological polar surface area (TPSA) is 78.5 Å². The molecule has 0 spiro atoms. The maximum atomic E-state index is 13.4. The number of nitrogens with zero attached hydrogens (tertiary/aromatic N) is 4. The van der Waals surface area contributed by atoms with Gasteiger partial charge in [0, 0.05) is 12.7 Å². The summed E-state index contributed by atoms with van der Waals surface area (Å²) in [5.41, 5.74) is 2.45. The van der Waals surface area contributed by atoms with Gasteiger partial charge in [-0.1, -0.05) is 41.7 Å². The van der Waals surface area contributed by atoms with Crippen molar-refractivity contribution in [2.24, 2.45) is 4.99 Å². The van der Waals surface area contributed by atoms with E-state index in [4.69, 9.17) is 4.74 Å². The van der Waals surface area contributed by atoms with Gasteiger partial charge in [-0.2, -0.15) is 5.10 Å². The molecule has 3 aromatic rings. The number of ether oxygens (including phenoxy) is 1. The van der Waals surface area contributed by atoms with Crippen LogP contribution in [0.2, 0.25) is 0 Å². The van der Waals surface area contributed by atoms with Gasteiger partial charge in [0.2, 0.25) is 0 Å². The highest BCUT2D eigenvalue weighted by Crippen LogP contribution is 2.30. The van der Waals surface area contributed by atoms with Gasteiger partial charge in [-0.3, -0.25) is 14.0 Å². The molecule has 0 aliphatic carbocycles. The molecule has 0 amide bonds. The Hall–Kier alpha value is -3.26.